The second-order valence-corrected chi connectivity index (χ2v) is 7.90. The molecule has 128 valence electrons. The van der Waals surface area contributed by atoms with Crippen molar-refractivity contribution < 1.29 is 14.7 Å². The molecule has 4 nitrogen and oxygen atoms in total. The van der Waals surface area contributed by atoms with Gasteiger partial charge in [-0.05, 0) is 31.9 Å². The van der Waals surface area contributed by atoms with Gasteiger partial charge in [0.05, 0.1) is 11.6 Å². The van der Waals surface area contributed by atoms with Gasteiger partial charge in [0.1, 0.15) is 4.88 Å². The summed E-state index contributed by atoms with van der Waals surface area (Å²) in [5, 5.41) is 9.66. The number of rotatable bonds is 3. The molecule has 1 fully saturated rings. The van der Waals surface area contributed by atoms with E-state index >= 15 is 0 Å². The summed E-state index contributed by atoms with van der Waals surface area (Å²) in [6.45, 7) is 4.08. The molecule has 1 aromatic carbocycles. The molecule has 0 bridgehead atoms. The zero-order valence-electron chi connectivity index (χ0n) is 14.1. The molecular formula is C20H19NO3S. The maximum Gasteiger partial charge on any atom is 0.348 e. The van der Waals surface area contributed by atoms with Crippen molar-refractivity contribution in [1.82, 2.24) is 0 Å². The van der Waals surface area contributed by atoms with Crippen molar-refractivity contribution in [2.24, 2.45) is 11.8 Å². The van der Waals surface area contributed by atoms with Gasteiger partial charge in [-0.3, -0.25) is 4.79 Å². The Bertz CT molecular complexity index is 884. The van der Waals surface area contributed by atoms with Crippen LogP contribution in [0.4, 0.5) is 5.69 Å². The lowest BCUT2D eigenvalue weighted by atomic mass is 9.94. The van der Waals surface area contributed by atoms with Crippen LogP contribution in [0.3, 0.4) is 0 Å². The van der Waals surface area contributed by atoms with E-state index in [0.717, 1.165) is 16.9 Å². The molecule has 1 amide bonds. The van der Waals surface area contributed by atoms with E-state index in [1.165, 1.54) is 16.9 Å². The zero-order chi connectivity index (χ0) is 17.7. The third-order valence-corrected chi connectivity index (χ3v) is 6.39. The molecule has 2 aliphatic rings. The number of nitrogens with zero attached hydrogens (tertiary/aromatic N) is 1. The number of anilines is 1. The van der Waals surface area contributed by atoms with Gasteiger partial charge in [0.2, 0.25) is 5.91 Å². The Kier molecular flexibility index (Phi) is 3.76. The quantitative estimate of drug-likeness (QED) is 0.831. The van der Waals surface area contributed by atoms with Crippen LogP contribution in [0, 0.1) is 11.8 Å². The van der Waals surface area contributed by atoms with Gasteiger partial charge < -0.3 is 10.0 Å². The van der Waals surface area contributed by atoms with E-state index in [9.17, 15) is 14.7 Å². The van der Waals surface area contributed by atoms with E-state index in [0.29, 0.717) is 5.69 Å². The van der Waals surface area contributed by atoms with E-state index in [-0.39, 0.29) is 28.7 Å². The van der Waals surface area contributed by atoms with E-state index in [2.05, 4.69) is 13.0 Å². The summed E-state index contributed by atoms with van der Waals surface area (Å²) in [6, 6.07) is 11.5. The molecule has 1 aromatic heterocycles. The number of fused-ring (bicyclic) bond motifs is 1. The third kappa shape index (κ3) is 2.50. The first kappa shape index (κ1) is 16.1. The Labute approximate surface area is 150 Å². The number of thiophene rings is 1. The highest BCUT2D eigenvalue weighted by Crippen LogP contribution is 2.46. The molecule has 3 atom stereocenters. The van der Waals surface area contributed by atoms with Crippen molar-refractivity contribution >= 4 is 28.9 Å². The summed E-state index contributed by atoms with van der Waals surface area (Å²) in [7, 11) is 0. The lowest BCUT2D eigenvalue weighted by Crippen LogP contribution is -2.34. The second-order valence-electron chi connectivity index (χ2n) is 6.85. The number of benzene rings is 1. The summed E-state index contributed by atoms with van der Waals surface area (Å²) in [5.41, 5.74) is 2.76. The Morgan fingerprint density at radius 3 is 2.64 bits per heavy atom. The molecule has 0 saturated carbocycles. The van der Waals surface area contributed by atoms with Gasteiger partial charge >= 0.3 is 5.97 Å². The van der Waals surface area contributed by atoms with Gasteiger partial charge in [-0.1, -0.05) is 42.0 Å². The normalized spacial score (nSPS) is 25.2. The number of carbonyl (C=O) groups is 2. The minimum absolute atomic E-state index is 0.0220. The average Bonchev–Trinajstić information content (AvgIpc) is 3.24. The molecular weight excluding hydrogens is 334 g/mol. The first-order valence-electron chi connectivity index (χ1n) is 8.40. The topological polar surface area (TPSA) is 57.6 Å². The van der Waals surface area contributed by atoms with E-state index in [1.807, 2.05) is 43.3 Å². The fourth-order valence-electron chi connectivity index (χ4n) is 4.07. The van der Waals surface area contributed by atoms with Crippen LogP contribution in [-0.2, 0) is 4.79 Å². The fourth-order valence-corrected chi connectivity index (χ4v) is 5.06. The lowest BCUT2D eigenvalue weighted by molar-refractivity contribution is -0.120. The zero-order valence-corrected chi connectivity index (χ0v) is 14.9. The lowest BCUT2D eigenvalue weighted by Gasteiger charge is -2.23. The average molecular weight is 353 g/mol. The summed E-state index contributed by atoms with van der Waals surface area (Å²) in [5.74, 6) is -0.803. The van der Waals surface area contributed by atoms with E-state index in [4.69, 9.17) is 0 Å². The Morgan fingerprint density at radius 1 is 1.28 bits per heavy atom. The van der Waals surface area contributed by atoms with E-state index < -0.39 is 5.97 Å². The molecule has 0 radical (unpaired) electrons. The van der Waals surface area contributed by atoms with Crippen LogP contribution in [-0.4, -0.2) is 23.0 Å². The number of amides is 1. The molecule has 4 rings (SSSR count). The number of carboxylic acids is 1. The number of allylic oxidation sites excluding steroid dienone is 1. The number of carbonyl (C=O) groups excluding carboxylic acids is 1. The van der Waals surface area contributed by atoms with Gasteiger partial charge in [0, 0.05) is 16.8 Å². The van der Waals surface area contributed by atoms with Crippen molar-refractivity contribution in [3.05, 3.63) is 52.9 Å². The summed E-state index contributed by atoms with van der Waals surface area (Å²) < 4.78 is 0. The minimum Gasteiger partial charge on any atom is -0.477 e. The van der Waals surface area contributed by atoms with E-state index in [1.54, 1.807) is 4.90 Å². The molecule has 2 aromatic rings. The molecule has 25 heavy (non-hydrogen) atoms. The number of hydrogen-bond acceptors (Lipinski definition) is 3. The first-order valence-corrected chi connectivity index (χ1v) is 9.22. The number of aromatic carboxylic acids is 1. The van der Waals surface area contributed by atoms with Crippen LogP contribution in [0.25, 0.3) is 10.4 Å². The van der Waals surface area contributed by atoms with Crippen molar-refractivity contribution in [3.8, 4) is 10.4 Å². The molecule has 5 heteroatoms. The predicted octanol–water partition coefficient (Wildman–Crippen LogP) is 4.43. The highest BCUT2D eigenvalue weighted by atomic mass is 32.1. The summed E-state index contributed by atoms with van der Waals surface area (Å²) >= 11 is 1.23. The second kappa shape index (κ2) is 5.85. The highest BCUT2D eigenvalue weighted by molar-refractivity contribution is 7.18. The summed E-state index contributed by atoms with van der Waals surface area (Å²) in [4.78, 5) is 27.6. The molecule has 1 aliphatic carbocycles. The molecule has 0 spiro atoms. The number of carboxylic acid groups (broad SMARTS) is 1. The minimum atomic E-state index is -0.981. The SMILES string of the molecule is CC1=CC2C(C1)C(=O)N(c1cc(-c3ccccc3)sc1C(=O)O)C2C. The fraction of sp³-hybridized carbons (Fsp3) is 0.300. The standard InChI is InChI=1S/C20H19NO3S/c1-11-8-14-12(2)21(19(22)15(14)9-11)16-10-17(25-18(16)20(23)24)13-6-4-3-5-7-13/h3-8,10,12,14-15H,9H2,1-2H3,(H,23,24). The Hall–Kier alpha value is -2.40. The molecule has 1 N–H and O–H groups in total. The van der Waals surface area contributed by atoms with Gasteiger partial charge in [-0.15, -0.1) is 11.3 Å². The Morgan fingerprint density at radius 2 is 2.00 bits per heavy atom. The van der Waals surface area contributed by atoms with Crippen molar-refractivity contribution in [3.63, 3.8) is 0 Å². The highest BCUT2D eigenvalue weighted by Gasteiger charge is 2.48. The molecule has 3 unspecified atom stereocenters. The van der Waals surface area contributed by atoms with Gasteiger partial charge in [0.25, 0.3) is 0 Å². The number of hydrogen-bond donors (Lipinski definition) is 1. The largest absolute Gasteiger partial charge is 0.477 e. The molecule has 2 heterocycles. The maximum atomic E-state index is 13.0. The van der Waals surface area contributed by atoms with Crippen LogP contribution in [0.5, 0.6) is 0 Å². The van der Waals surface area contributed by atoms with Crippen LogP contribution in [0.1, 0.15) is 29.9 Å². The smallest absolute Gasteiger partial charge is 0.348 e. The third-order valence-electron chi connectivity index (χ3n) is 5.23. The van der Waals surface area contributed by atoms with Crippen molar-refractivity contribution in [1.29, 1.82) is 0 Å². The van der Waals surface area contributed by atoms with Crippen LogP contribution < -0.4 is 4.90 Å². The van der Waals surface area contributed by atoms with Gasteiger partial charge in [0.15, 0.2) is 0 Å². The van der Waals surface area contributed by atoms with Crippen LogP contribution in [0.2, 0.25) is 0 Å². The van der Waals surface area contributed by atoms with Gasteiger partial charge in [-0.2, -0.15) is 0 Å². The monoisotopic (exact) mass is 353 g/mol. The van der Waals surface area contributed by atoms with Crippen LogP contribution >= 0.6 is 11.3 Å². The van der Waals surface area contributed by atoms with Crippen molar-refractivity contribution in [2.45, 2.75) is 26.3 Å². The van der Waals surface area contributed by atoms with Crippen LogP contribution in [0.15, 0.2) is 48.0 Å². The molecule has 1 saturated heterocycles. The van der Waals surface area contributed by atoms with Crippen molar-refractivity contribution in [2.75, 3.05) is 4.90 Å². The Balaban J connectivity index is 1.79. The van der Waals surface area contributed by atoms with Gasteiger partial charge in [-0.25, -0.2) is 4.79 Å². The predicted molar refractivity (Wildman–Crippen MR) is 99.0 cm³/mol. The molecule has 1 aliphatic heterocycles. The first-order chi connectivity index (χ1) is 12.0. The summed E-state index contributed by atoms with van der Waals surface area (Å²) in [6.07, 6.45) is 2.96. The maximum absolute atomic E-state index is 13.0.